The van der Waals surface area contributed by atoms with E-state index in [9.17, 15) is 9.18 Å². The topological polar surface area (TPSA) is 57.8 Å². The average Bonchev–Trinajstić information content (AvgIpc) is 3.04. The average molecular weight is 259 g/mol. The molecule has 19 heavy (non-hydrogen) atoms. The molecule has 0 bridgehead atoms. The second-order valence-electron chi connectivity index (χ2n) is 4.84. The molecule has 0 aliphatic heterocycles. The lowest BCUT2D eigenvalue weighted by Gasteiger charge is -2.09. The number of carbonyl (C=O) groups excluding carboxylic acids is 1. The fourth-order valence-corrected chi connectivity index (χ4v) is 1.99. The number of nitrogens with zero attached hydrogens (tertiary/aromatic N) is 1. The fourth-order valence-electron chi connectivity index (χ4n) is 1.99. The minimum Gasteiger partial charge on any atom is -0.349 e. The van der Waals surface area contributed by atoms with Gasteiger partial charge >= 0.3 is 0 Å². The number of hydrogen-bond donors (Lipinski definition) is 2. The Morgan fingerprint density at radius 3 is 2.89 bits per heavy atom. The van der Waals surface area contributed by atoms with Gasteiger partial charge in [-0.3, -0.25) is 4.79 Å². The van der Waals surface area contributed by atoms with Gasteiger partial charge in [0.1, 0.15) is 5.82 Å². The number of amides is 1. The largest absolute Gasteiger partial charge is 0.349 e. The van der Waals surface area contributed by atoms with E-state index >= 15 is 0 Å². The highest BCUT2D eigenvalue weighted by atomic mass is 19.1. The van der Waals surface area contributed by atoms with Gasteiger partial charge in [0.2, 0.25) is 0 Å². The van der Waals surface area contributed by atoms with E-state index in [-0.39, 0.29) is 17.8 Å². The normalized spacial score (nSPS) is 14.4. The molecule has 1 aromatic carbocycles. The van der Waals surface area contributed by atoms with E-state index in [1.54, 1.807) is 19.2 Å². The second-order valence-corrected chi connectivity index (χ2v) is 4.84. The van der Waals surface area contributed by atoms with Crippen molar-refractivity contribution in [2.75, 3.05) is 0 Å². The Hall–Kier alpha value is -2.17. The number of halogens is 1. The van der Waals surface area contributed by atoms with E-state index < -0.39 is 0 Å². The Bertz CT molecular complexity index is 618. The van der Waals surface area contributed by atoms with Gasteiger partial charge in [0.05, 0.1) is 18.2 Å². The number of hydrogen-bond acceptors (Lipinski definition) is 2. The van der Waals surface area contributed by atoms with Crippen LogP contribution in [0.3, 0.4) is 0 Å². The van der Waals surface area contributed by atoms with Crippen molar-refractivity contribution in [1.29, 1.82) is 0 Å². The van der Waals surface area contributed by atoms with Gasteiger partial charge < -0.3 is 10.3 Å². The van der Waals surface area contributed by atoms with E-state index in [1.807, 2.05) is 0 Å². The maximum atomic E-state index is 13.9. The first-order valence-corrected chi connectivity index (χ1v) is 6.25. The Morgan fingerprint density at radius 2 is 2.26 bits per heavy atom. The highest BCUT2D eigenvalue weighted by molar-refractivity contribution is 5.96. The van der Waals surface area contributed by atoms with Crippen LogP contribution in [0.5, 0.6) is 0 Å². The molecule has 3 rings (SSSR count). The van der Waals surface area contributed by atoms with Crippen LogP contribution < -0.4 is 5.32 Å². The van der Waals surface area contributed by atoms with Gasteiger partial charge in [0.25, 0.3) is 5.91 Å². The summed E-state index contributed by atoms with van der Waals surface area (Å²) in [5, 5.41) is 2.86. The molecule has 2 N–H and O–H groups in total. The molecule has 1 fully saturated rings. The first-order chi connectivity index (χ1) is 9.15. The molecular weight excluding hydrogens is 245 g/mol. The maximum Gasteiger partial charge on any atom is 0.251 e. The third-order valence-electron chi connectivity index (χ3n) is 3.31. The predicted octanol–water partition coefficient (Wildman–Crippen LogP) is 2.42. The molecule has 0 radical (unpaired) electrons. The van der Waals surface area contributed by atoms with Crippen LogP contribution in [0.15, 0.2) is 24.7 Å². The SMILES string of the molecule is Cc1c(F)cc(C(=O)NC2CC2)cc1-c1cnc[nH]1. The van der Waals surface area contributed by atoms with Gasteiger partial charge in [-0.2, -0.15) is 0 Å². The number of carbonyl (C=O) groups is 1. The van der Waals surface area contributed by atoms with Crippen LogP contribution in [0.1, 0.15) is 28.8 Å². The quantitative estimate of drug-likeness (QED) is 0.889. The molecule has 1 aromatic heterocycles. The van der Waals surface area contributed by atoms with E-state index in [0.29, 0.717) is 22.4 Å². The van der Waals surface area contributed by atoms with E-state index in [0.717, 1.165) is 12.8 Å². The Morgan fingerprint density at radius 1 is 1.47 bits per heavy atom. The summed E-state index contributed by atoms with van der Waals surface area (Å²) in [6, 6.07) is 3.24. The van der Waals surface area contributed by atoms with Gasteiger partial charge in [-0.25, -0.2) is 9.37 Å². The van der Waals surface area contributed by atoms with Crippen LogP contribution in [-0.2, 0) is 0 Å². The van der Waals surface area contributed by atoms with Crippen LogP contribution in [0.2, 0.25) is 0 Å². The number of aromatic amines is 1. The van der Waals surface area contributed by atoms with Crippen LogP contribution in [0.25, 0.3) is 11.3 Å². The molecule has 1 aliphatic rings. The van der Waals surface area contributed by atoms with Gasteiger partial charge in [0, 0.05) is 17.2 Å². The summed E-state index contributed by atoms with van der Waals surface area (Å²) < 4.78 is 13.9. The van der Waals surface area contributed by atoms with E-state index in [4.69, 9.17) is 0 Å². The lowest BCUT2D eigenvalue weighted by Crippen LogP contribution is -2.25. The summed E-state index contributed by atoms with van der Waals surface area (Å²) >= 11 is 0. The molecule has 2 aromatic rings. The molecule has 0 spiro atoms. The zero-order valence-electron chi connectivity index (χ0n) is 10.5. The Balaban J connectivity index is 1.99. The standard InChI is InChI=1S/C14H14FN3O/c1-8-11(13-6-16-7-17-13)4-9(5-12(8)15)14(19)18-10-2-3-10/h4-7,10H,2-3H2,1H3,(H,16,17)(H,18,19). The van der Waals surface area contributed by atoms with Crippen LogP contribution in [0, 0.1) is 12.7 Å². The van der Waals surface area contributed by atoms with Crippen molar-refractivity contribution in [3.05, 3.63) is 41.6 Å². The lowest BCUT2D eigenvalue weighted by molar-refractivity contribution is 0.0950. The highest BCUT2D eigenvalue weighted by Gasteiger charge is 2.24. The Labute approximate surface area is 110 Å². The first-order valence-electron chi connectivity index (χ1n) is 6.25. The molecule has 98 valence electrons. The second kappa shape index (κ2) is 4.50. The minimum absolute atomic E-state index is 0.220. The van der Waals surface area contributed by atoms with Crippen molar-refractivity contribution >= 4 is 5.91 Å². The molecule has 5 heteroatoms. The predicted molar refractivity (Wildman–Crippen MR) is 69.2 cm³/mol. The number of aromatic nitrogens is 2. The van der Waals surface area contributed by atoms with Crippen molar-refractivity contribution in [2.24, 2.45) is 0 Å². The summed E-state index contributed by atoms with van der Waals surface area (Å²) in [7, 11) is 0. The maximum absolute atomic E-state index is 13.9. The molecular formula is C14H14FN3O. The number of H-pyrrole nitrogens is 1. The first kappa shape index (κ1) is 11.9. The number of imidazole rings is 1. The third kappa shape index (κ3) is 2.36. The third-order valence-corrected chi connectivity index (χ3v) is 3.31. The Kier molecular flexibility index (Phi) is 2.81. The smallest absolute Gasteiger partial charge is 0.251 e. The summed E-state index contributed by atoms with van der Waals surface area (Å²) in [5.74, 6) is -0.602. The summed E-state index contributed by atoms with van der Waals surface area (Å²) in [4.78, 5) is 18.8. The van der Waals surface area contributed by atoms with Crippen LogP contribution >= 0.6 is 0 Å². The molecule has 1 amide bonds. The molecule has 0 saturated heterocycles. The number of nitrogens with one attached hydrogen (secondary N) is 2. The monoisotopic (exact) mass is 259 g/mol. The molecule has 1 heterocycles. The van der Waals surface area contributed by atoms with Crippen molar-refractivity contribution in [2.45, 2.75) is 25.8 Å². The molecule has 4 nitrogen and oxygen atoms in total. The van der Waals surface area contributed by atoms with E-state index in [1.165, 1.54) is 12.4 Å². The lowest BCUT2D eigenvalue weighted by atomic mass is 10.0. The van der Waals surface area contributed by atoms with Gasteiger partial charge in [-0.15, -0.1) is 0 Å². The molecule has 0 unspecified atom stereocenters. The van der Waals surface area contributed by atoms with E-state index in [2.05, 4.69) is 15.3 Å². The van der Waals surface area contributed by atoms with Gasteiger partial charge in [0.15, 0.2) is 0 Å². The van der Waals surface area contributed by atoms with Crippen LogP contribution in [-0.4, -0.2) is 21.9 Å². The zero-order chi connectivity index (χ0) is 13.4. The summed E-state index contributed by atoms with van der Waals surface area (Å²) in [6.45, 7) is 1.69. The van der Waals surface area contributed by atoms with Gasteiger partial charge in [-0.05, 0) is 37.5 Å². The van der Waals surface area contributed by atoms with Crippen molar-refractivity contribution < 1.29 is 9.18 Å². The number of benzene rings is 1. The molecule has 1 aliphatic carbocycles. The highest BCUT2D eigenvalue weighted by Crippen LogP contribution is 2.26. The molecule has 1 saturated carbocycles. The van der Waals surface area contributed by atoms with Crippen LogP contribution in [0.4, 0.5) is 4.39 Å². The summed E-state index contributed by atoms with van der Waals surface area (Å²) in [6.07, 6.45) is 5.16. The van der Waals surface area contributed by atoms with Crippen molar-refractivity contribution in [1.82, 2.24) is 15.3 Å². The summed E-state index contributed by atoms with van der Waals surface area (Å²) in [5.41, 5.74) is 2.22. The van der Waals surface area contributed by atoms with Crippen molar-refractivity contribution in [3.8, 4) is 11.3 Å². The molecule has 0 atom stereocenters. The number of rotatable bonds is 3. The van der Waals surface area contributed by atoms with Gasteiger partial charge in [-0.1, -0.05) is 0 Å². The van der Waals surface area contributed by atoms with Crippen molar-refractivity contribution in [3.63, 3.8) is 0 Å². The fraction of sp³-hybridized carbons (Fsp3) is 0.286. The minimum atomic E-state index is -0.381. The zero-order valence-corrected chi connectivity index (χ0v) is 10.5.